The van der Waals surface area contributed by atoms with Crippen molar-refractivity contribution in [2.45, 2.75) is 44.7 Å². The molecule has 1 fully saturated rings. The number of hydrogen-bond acceptors (Lipinski definition) is 4. The summed E-state index contributed by atoms with van der Waals surface area (Å²) >= 11 is 0. The van der Waals surface area contributed by atoms with Gasteiger partial charge < -0.3 is 15.0 Å². The number of carbonyl (C=O) groups excluding carboxylic acids is 1. The lowest BCUT2D eigenvalue weighted by atomic mass is 10.1. The van der Waals surface area contributed by atoms with Crippen molar-refractivity contribution >= 4 is 11.6 Å². The Hall–Kier alpha value is -2.50. The first-order valence-electron chi connectivity index (χ1n) is 8.80. The molecule has 0 saturated heterocycles. The lowest BCUT2D eigenvalue weighted by Gasteiger charge is -2.24. The molecule has 6 nitrogen and oxygen atoms in total. The first-order chi connectivity index (χ1) is 12.1. The van der Waals surface area contributed by atoms with Crippen molar-refractivity contribution in [2.24, 2.45) is 0 Å². The predicted octanol–water partition coefficient (Wildman–Crippen LogP) is 3.14. The van der Waals surface area contributed by atoms with Crippen LogP contribution < -0.4 is 10.1 Å². The largest absolute Gasteiger partial charge is 0.497 e. The quantitative estimate of drug-likeness (QED) is 0.773. The maximum atomic E-state index is 12.8. The standard InChI is InChI=1S/C19H26N4O2/c1-4-17(20-14-6-5-7-16(10-14)25-3)19(24)23(2)12-15-11-18(22-21-15)13-8-9-13/h5-7,10-11,13,17,20H,4,8-9,12H2,1-3H3,(H,21,22)/t17-/m0/s1. The summed E-state index contributed by atoms with van der Waals surface area (Å²) in [6.07, 6.45) is 3.15. The van der Waals surface area contributed by atoms with Crippen molar-refractivity contribution < 1.29 is 9.53 Å². The van der Waals surface area contributed by atoms with E-state index < -0.39 is 0 Å². The van der Waals surface area contributed by atoms with Gasteiger partial charge in [-0.15, -0.1) is 0 Å². The van der Waals surface area contributed by atoms with Crippen LogP contribution in [-0.2, 0) is 11.3 Å². The van der Waals surface area contributed by atoms with Crippen LogP contribution in [0.4, 0.5) is 5.69 Å². The number of rotatable bonds is 8. The van der Waals surface area contributed by atoms with E-state index in [0.29, 0.717) is 18.9 Å². The Morgan fingerprint density at radius 3 is 2.92 bits per heavy atom. The highest BCUT2D eigenvalue weighted by atomic mass is 16.5. The van der Waals surface area contributed by atoms with Gasteiger partial charge in [0, 0.05) is 24.7 Å². The topological polar surface area (TPSA) is 70.2 Å². The lowest BCUT2D eigenvalue weighted by molar-refractivity contribution is -0.131. The fourth-order valence-electron chi connectivity index (χ4n) is 2.90. The van der Waals surface area contributed by atoms with Gasteiger partial charge >= 0.3 is 0 Å². The van der Waals surface area contributed by atoms with Crippen LogP contribution in [0.2, 0.25) is 0 Å². The zero-order valence-electron chi connectivity index (χ0n) is 15.1. The molecular weight excluding hydrogens is 316 g/mol. The summed E-state index contributed by atoms with van der Waals surface area (Å²) in [5, 5.41) is 10.7. The van der Waals surface area contributed by atoms with Gasteiger partial charge in [-0.25, -0.2) is 0 Å². The van der Waals surface area contributed by atoms with E-state index in [9.17, 15) is 4.79 Å². The summed E-state index contributed by atoms with van der Waals surface area (Å²) in [4.78, 5) is 14.5. The van der Waals surface area contributed by atoms with Crippen molar-refractivity contribution in [3.8, 4) is 5.75 Å². The molecule has 0 radical (unpaired) electrons. The van der Waals surface area contributed by atoms with Crippen LogP contribution >= 0.6 is 0 Å². The zero-order valence-corrected chi connectivity index (χ0v) is 15.1. The summed E-state index contributed by atoms with van der Waals surface area (Å²) in [5.41, 5.74) is 2.98. The van der Waals surface area contributed by atoms with Crippen molar-refractivity contribution in [3.63, 3.8) is 0 Å². The average Bonchev–Trinajstić information content (AvgIpc) is 3.39. The highest BCUT2D eigenvalue weighted by molar-refractivity contribution is 5.84. The van der Waals surface area contributed by atoms with Crippen LogP contribution in [0.15, 0.2) is 30.3 Å². The molecule has 1 amide bonds. The van der Waals surface area contributed by atoms with E-state index in [0.717, 1.165) is 22.8 Å². The number of nitrogens with zero attached hydrogens (tertiary/aromatic N) is 2. The van der Waals surface area contributed by atoms with E-state index in [2.05, 4.69) is 21.6 Å². The van der Waals surface area contributed by atoms with Gasteiger partial charge in [-0.2, -0.15) is 5.10 Å². The first-order valence-corrected chi connectivity index (χ1v) is 8.80. The van der Waals surface area contributed by atoms with E-state index in [4.69, 9.17) is 4.74 Å². The minimum atomic E-state index is -0.275. The number of ether oxygens (including phenoxy) is 1. The van der Waals surface area contributed by atoms with Gasteiger partial charge in [0.25, 0.3) is 0 Å². The van der Waals surface area contributed by atoms with Crippen molar-refractivity contribution in [1.29, 1.82) is 0 Å². The van der Waals surface area contributed by atoms with Gasteiger partial charge in [0.05, 0.1) is 25.0 Å². The smallest absolute Gasteiger partial charge is 0.245 e. The van der Waals surface area contributed by atoms with Gasteiger partial charge in [-0.1, -0.05) is 13.0 Å². The normalized spacial score (nSPS) is 14.8. The number of methoxy groups -OCH3 is 1. The Bertz CT molecular complexity index is 724. The van der Waals surface area contributed by atoms with Crippen LogP contribution in [0.25, 0.3) is 0 Å². The third kappa shape index (κ3) is 4.32. The molecule has 0 bridgehead atoms. The fourth-order valence-corrected chi connectivity index (χ4v) is 2.90. The number of hydrogen-bond donors (Lipinski definition) is 2. The number of amides is 1. The molecule has 0 unspecified atom stereocenters. The Morgan fingerprint density at radius 2 is 2.24 bits per heavy atom. The number of benzene rings is 1. The second-order valence-electron chi connectivity index (χ2n) is 6.62. The molecule has 1 atom stereocenters. The third-order valence-electron chi connectivity index (χ3n) is 4.55. The van der Waals surface area contributed by atoms with Crippen LogP contribution in [-0.4, -0.2) is 41.2 Å². The molecule has 1 aliphatic rings. The third-order valence-corrected chi connectivity index (χ3v) is 4.55. The number of H-pyrrole nitrogens is 1. The molecule has 134 valence electrons. The van der Waals surface area contributed by atoms with Crippen LogP contribution in [0.5, 0.6) is 5.75 Å². The van der Waals surface area contributed by atoms with Crippen LogP contribution in [0.1, 0.15) is 43.5 Å². The van der Waals surface area contributed by atoms with E-state index in [1.54, 1.807) is 12.0 Å². The number of anilines is 1. The van der Waals surface area contributed by atoms with E-state index >= 15 is 0 Å². The summed E-state index contributed by atoms with van der Waals surface area (Å²) in [7, 11) is 3.46. The Balaban J connectivity index is 1.61. The summed E-state index contributed by atoms with van der Waals surface area (Å²) in [5.74, 6) is 1.45. The minimum absolute atomic E-state index is 0.0629. The van der Waals surface area contributed by atoms with Crippen molar-refractivity contribution in [3.05, 3.63) is 41.7 Å². The van der Waals surface area contributed by atoms with E-state index in [1.807, 2.05) is 38.2 Å². The maximum absolute atomic E-state index is 12.8. The molecule has 2 N–H and O–H groups in total. The summed E-state index contributed by atoms with van der Waals surface area (Å²) < 4.78 is 5.24. The molecule has 1 aliphatic carbocycles. The Morgan fingerprint density at radius 1 is 1.44 bits per heavy atom. The summed E-state index contributed by atoms with van der Waals surface area (Å²) in [6.45, 7) is 2.54. The first kappa shape index (κ1) is 17.3. The van der Waals surface area contributed by atoms with Gasteiger partial charge in [0.1, 0.15) is 11.8 Å². The van der Waals surface area contributed by atoms with E-state index in [1.165, 1.54) is 12.8 Å². The second kappa shape index (κ2) is 7.59. The van der Waals surface area contributed by atoms with Crippen LogP contribution in [0.3, 0.4) is 0 Å². The minimum Gasteiger partial charge on any atom is -0.497 e. The molecule has 3 rings (SSSR count). The number of likely N-dealkylation sites (N-methyl/N-ethyl adjacent to an activating group) is 1. The number of carbonyl (C=O) groups is 1. The molecule has 1 heterocycles. The summed E-state index contributed by atoms with van der Waals surface area (Å²) in [6, 6.07) is 9.44. The highest BCUT2D eigenvalue weighted by Crippen LogP contribution is 2.39. The zero-order chi connectivity index (χ0) is 17.8. The number of nitrogens with one attached hydrogen (secondary N) is 2. The monoisotopic (exact) mass is 342 g/mol. The van der Waals surface area contributed by atoms with Crippen molar-refractivity contribution in [2.75, 3.05) is 19.5 Å². The lowest BCUT2D eigenvalue weighted by Crippen LogP contribution is -2.40. The average molecular weight is 342 g/mol. The molecule has 1 aromatic heterocycles. The number of aromatic nitrogens is 2. The van der Waals surface area contributed by atoms with Gasteiger partial charge in [0.15, 0.2) is 0 Å². The molecule has 1 aromatic carbocycles. The van der Waals surface area contributed by atoms with Crippen LogP contribution in [0, 0.1) is 0 Å². The molecule has 25 heavy (non-hydrogen) atoms. The molecule has 0 spiro atoms. The predicted molar refractivity (Wildman–Crippen MR) is 97.7 cm³/mol. The van der Waals surface area contributed by atoms with Gasteiger partial charge in [-0.05, 0) is 37.5 Å². The SMILES string of the molecule is CC[C@H](Nc1cccc(OC)c1)C(=O)N(C)Cc1cc(C2CC2)n[nH]1. The van der Waals surface area contributed by atoms with E-state index in [-0.39, 0.29) is 11.9 Å². The Kier molecular flexibility index (Phi) is 5.26. The second-order valence-corrected chi connectivity index (χ2v) is 6.62. The number of aromatic amines is 1. The van der Waals surface area contributed by atoms with Gasteiger partial charge in [0.2, 0.25) is 5.91 Å². The molecular formula is C19H26N4O2. The molecule has 6 heteroatoms. The Labute approximate surface area is 148 Å². The highest BCUT2D eigenvalue weighted by Gasteiger charge is 2.27. The molecule has 0 aliphatic heterocycles. The van der Waals surface area contributed by atoms with Crippen molar-refractivity contribution in [1.82, 2.24) is 15.1 Å². The maximum Gasteiger partial charge on any atom is 0.245 e. The molecule has 2 aromatic rings. The fraction of sp³-hybridized carbons (Fsp3) is 0.474. The molecule has 1 saturated carbocycles. The van der Waals surface area contributed by atoms with Gasteiger partial charge in [-0.3, -0.25) is 9.89 Å².